The molecule has 1 atom stereocenters. The van der Waals surface area contributed by atoms with E-state index in [9.17, 15) is 9.59 Å². The number of carbonyl (C=O) groups is 2. The first-order valence-corrected chi connectivity index (χ1v) is 10.2. The summed E-state index contributed by atoms with van der Waals surface area (Å²) in [6, 6.07) is 7.49. The van der Waals surface area contributed by atoms with Gasteiger partial charge < -0.3 is 10.6 Å². The Bertz CT molecular complexity index is 677. The Morgan fingerprint density at radius 3 is 2.31 bits per heavy atom. The summed E-state index contributed by atoms with van der Waals surface area (Å²) in [4.78, 5) is 25.5. The van der Waals surface area contributed by atoms with Crippen LogP contribution in [0.4, 0.5) is 5.69 Å². The molecule has 2 amide bonds. The largest absolute Gasteiger partial charge is 0.350 e. The van der Waals surface area contributed by atoms with E-state index in [1.807, 2.05) is 26.0 Å². The van der Waals surface area contributed by atoms with E-state index in [1.165, 1.54) is 19.3 Å². The molecule has 0 radical (unpaired) electrons. The lowest BCUT2D eigenvalue weighted by molar-refractivity contribution is -0.140. The van der Waals surface area contributed by atoms with E-state index in [-0.39, 0.29) is 23.3 Å². The van der Waals surface area contributed by atoms with Crippen LogP contribution in [0.5, 0.6) is 0 Å². The molecule has 140 valence electrons. The molecule has 0 aromatic heterocycles. The van der Waals surface area contributed by atoms with E-state index in [0.717, 1.165) is 49.1 Å². The van der Waals surface area contributed by atoms with Crippen LogP contribution in [0, 0.1) is 23.2 Å². The first-order valence-electron chi connectivity index (χ1n) is 10.2. The highest BCUT2D eigenvalue weighted by atomic mass is 16.2. The lowest BCUT2D eigenvalue weighted by Gasteiger charge is -2.55. The van der Waals surface area contributed by atoms with Gasteiger partial charge in [0.2, 0.25) is 5.91 Å². The van der Waals surface area contributed by atoms with Crippen molar-refractivity contribution in [2.24, 2.45) is 23.2 Å². The zero-order valence-electron chi connectivity index (χ0n) is 15.9. The summed E-state index contributed by atoms with van der Waals surface area (Å²) in [6.45, 7) is 4.05. The number of benzene rings is 1. The molecular formula is C22H30N2O2. The molecule has 4 aliphatic rings. The third-order valence-corrected chi connectivity index (χ3v) is 6.89. The maximum Gasteiger partial charge on any atom is 0.251 e. The molecular weight excluding hydrogens is 324 g/mol. The van der Waals surface area contributed by atoms with Gasteiger partial charge in [0, 0.05) is 17.3 Å². The molecule has 26 heavy (non-hydrogen) atoms. The van der Waals surface area contributed by atoms with Crippen LogP contribution in [0.25, 0.3) is 0 Å². The quantitative estimate of drug-likeness (QED) is 0.825. The number of nitrogens with one attached hydrogen (secondary N) is 2. The fourth-order valence-corrected chi connectivity index (χ4v) is 5.80. The molecule has 4 aliphatic carbocycles. The second-order valence-corrected chi connectivity index (χ2v) is 9.02. The first kappa shape index (κ1) is 17.6. The maximum absolute atomic E-state index is 13.2. The Morgan fingerprint density at radius 1 is 1.12 bits per heavy atom. The highest BCUT2D eigenvalue weighted by Crippen LogP contribution is 2.60. The second kappa shape index (κ2) is 6.71. The first-order chi connectivity index (χ1) is 12.5. The van der Waals surface area contributed by atoms with Crippen molar-refractivity contribution in [3.8, 4) is 0 Å². The van der Waals surface area contributed by atoms with Crippen molar-refractivity contribution in [1.29, 1.82) is 0 Å². The van der Waals surface area contributed by atoms with Crippen LogP contribution in [0.3, 0.4) is 0 Å². The van der Waals surface area contributed by atoms with Gasteiger partial charge in [0.05, 0.1) is 5.41 Å². The number of hydrogen-bond acceptors (Lipinski definition) is 2. The average Bonchev–Trinajstić information content (AvgIpc) is 2.60. The number of hydrogen-bond donors (Lipinski definition) is 2. The van der Waals surface area contributed by atoms with Gasteiger partial charge in [-0.25, -0.2) is 0 Å². The van der Waals surface area contributed by atoms with Crippen LogP contribution >= 0.6 is 0 Å². The van der Waals surface area contributed by atoms with E-state index < -0.39 is 0 Å². The lowest BCUT2D eigenvalue weighted by atomic mass is 9.49. The van der Waals surface area contributed by atoms with Gasteiger partial charge in [-0.3, -0.25) is 9.59 Å². The highest BCUT2D eigenvalue weighted by Gasteiger charge is 2.54. The minimum Gasteiger partial charge on any atom is -0.350 e. The molecule has 1 aromatic rings. The van der Waals surface area contributed by atoms with E-state index in [4.69, 9.17) is 0 Å². The third kappa shape index (κ3) is 3.26. The van der Waals surface area contributed by atoms with Gasteiger partial charge in [-0.15, -0.1) is 0 Å². The van der Waals surface area contributed by atoms with Crippen molar-refractivity contribution < 1.29 is 9.59 Å². The van der Waals surface area contributed by atoms with Crippen LogP contribution in [0.2, 0.25) is 0 Å². The molecule has 0 saturated heterocycles. The Hall–Kier alpha value is -1.84. The molecule has 0 spiro atoms. The standard InChI is InChI=1S/C22H30N2O2/c1-3-14(2)23-20(25)18-5-4-6-19(10-18)24-21(26)22-11-15-7-16(12-22)9-17(8-15)13-22/h4-6,10,14-17H,3,7-9,11-13H2,1-2H3,(H,23,25)(H,24,26). The van der Waals surface area contributed by atoms with Gasteiger partial charge >= 0.3 is 0 Å². The van der Waals surface area contributed by atoms with E-state index >= 15 is 0 Å². The van der Waals surface area contributed by atoms with Crippen LogP contribution in [0.1, 0.15) is 69.2 Å². The SMILES string of the molecule is CCC(C)NC(=O)c1cccc(NC(=O)C23CC4CC(CC(C4)C2)C3)c1. The summed E-state index contributed by atoms with van der Waals surface area (Å²) < 4.78 is 0. The van der Waals surface area contributed by atoms with Crippen LogP contribution in [0.15, 0.2) is 24.3 Å². The number of anilines is 1. The predicted molar refractivity (Wildman–Crippen MR) is 103 cm³/mol. The third-order valence-electron chi connectivity index (χ3n) is 6.89. The fraction of sp³-hybridized carbons (Fsp3) is 0.636. The van der Waals surface area contributed by atoms with Gasteiger partial charge in [-0.2, -0.15) is 0 Å². The van der Waals surface area contributed by atoms with Crippen LogP contribution in [-0.2, 0) is 4.79 Å². The minimum absolute atomic E-state index is 0.0785. The normalized spacial score (nSPS) is 32.9. The highest BCUT2D eigenvalue weighted by molar-refractivity contribution is 5.99. The van der Waals surface area contributed by atoms with Crippen molar-refractivity contribution in [3.05, 3.63) is 29.8 Å². The summed E-state index contributed by atoms with van der Waals surface area (Å²) >= 11 is 0. The molecule has 4 nitrogen and oxygen atoms in total. The summed E-state index contributed by atoms with van der Waals surface area (Å²) in [5.74, 6) is 2.35. The molecule has 0 heterocycles. The molecule has 5 rings (SSSR count). The number of rotatable bonds is 5. The molecule has 4 bridgehead atoms. The van der Waals surface area contributed by atoms with Gasteiger partial charge in [0.25, 0.3) is 5.91 Å². The fourth-order valence-electron chi connectivity index (χ4n) is 5.80. The molecule has 1 aromatic carbocycles. The molecule has 4 saturated carbocycles. The van der Waals surface area contributed by atoms with Crippen molar-refractivity contribution in [3.63, 3.8) is 0 Å². The smallest absolute Gasteiger partial charge is 0.251 e. The molecule has 4 heteroatoms. The van der Waals surface area contributed by atoms with Gasteiger partial charge in [-0.1, -0.05) is 13.0 Å². The Kier molecular flexibility index (Phi) is 4.54. The second-order valence-electron chi connectivity index (χ2n) is 9.02. The van der Waals surface area contributed by atoms with Crippen LogP contribution in [-0.4, -0.2) is 17.9 Å². The van der Waals surface area contributed by atoms with Crippen LogP contribution < -0.4 is 10.6 Å². The van der Waals surface area contributed by atoms with Crippen molar-refractivity contribution in [1.82, 2.24) is 5.32 Å². The van der Waals surface area contributed by atoms with E-state index in [1.54, 1.807) is 12.1 Å². The van der Waals surface area contributed by atoms with Gasteiger partial charge in [0.1, 0.15) is 0 Å². The summed E-state index contributed by atoms with van der Waals surface area (Å²) in [6.07, 6.45) is 8.05. The summed E-state index contributed by atoms with van der Waals surface area (Å²) in [5, 5.41) is 6.13. The average molecular weight is 354 g/mol. The van der Waals surface area contributed by atoms with Crippen molar-refractivity contribution in [2.75, 3.05) is 5.32 Å². The Morgan fingerprint density at radius 2 is 1.73 bits per heavy atom. The zero-order chi connectivity index (χ0) is 18.3. The van der Waals surface area contributed by atoms with E-state index in [0.29, 0.717) is 5.56 Å². The number of amides is 2. The zero-order valence-corrected chi connectivity index (χ0v) is 15.9. The molecule has 2 N–H and O–H groups in total. The Balaban J connectivity index is 1.47. The van der Waals surface area contributed by atoms with Crippen molar-refractivity contribution >= 4 is 17.5 Å². The van der Waals surface area contributed by atoms with Gasteiger partial charge in [0.15, 0.2) is 0 Å². The van der Waals surface area contributed by atoms with Crippen molar-refractivity contribution in [2.45, 2.75) is 64.8 Å². The summed E-state index contributed by atoms with van der Waals surface area (Å²) in [7, 11) is 0. The lowest BCUT2D eigenvalue weighted by Crippen LogP contribution is -2.51. The monoisotopic (exact) mass is 354 g/mol. The molecule has 0 aliphatic heterocycles. The molecule has 4 fully saturated rings. The summed E-state index contributed by atoms with van der Waals surface area (Å²) in [5.41, 5.74) is 1.18. The number of carbonyl (C=O) groups excluding carboxylic acids is 2. The van der Waals surface area contributed by atoms with E-state index in [2.05, 4.69) is 10.6 Å². The maximum atomic E-state index is 13.2. The molecule has 1 unspecified atom stereocenters. The minimum atomic E-state index is -0.163. The topological polar surface area (TPSA) is 58.2 Å². The predicted octanol–water partition coefficient (Wildman–Crippen LogP) is 4.37. The van der Waals surface area contributed by atoms with Gasteiger partial charge in [-0.05, 0) is 87.8 Å². The Labute approximate surface area is 156 Å².